The van der Waals surface area contributed by atoms with E-state index in [4.69, 9.17) is 11.6 Å². The van der Waals surface area contributed by atoms with Crippen molar-refractivity contribution >= 4 is 11.6 Å². The average molecular weight is 662 g/mol. The number of rotatable bonds is 6. The molecule has 0 aromatic heterocycles. The van der Waals surface area contributed by atoms with E-state index in [9.17, 15) is 0 Å². The lowest BCUT2D eigenvalue weighted by Crippen LogP contribution is -2.55. The number of piperazine rings is 1. The molecule has 4 aliphatic heterocycles. The zero-order valence-electron chi connectivity index (χ0n) is 30.1. The van der Waals surface area contributed by atoms with Crippen LogP contribution < -0.4 is 10.7 Å². The number of nitrogens with zero attached hydrogens (tertiary/aromatic N) is 3. The Morgan fingerprint density at radius 2 is 1.89 bits per heavy atom. The highest BCUT2D eigenvalue weighted by Crippen LogP contribution is 2.40. The second kappa shape index (κ2) is 17.0. The molecular formula is C41H64ClN5. The zero-order chi connectivity index (χ0) is 32.8. The molecule has 1 aromatic rings. The number of fused-ring (bicyclic) bond motifs is 2. The van der Waals surface area contributed by atoms with Crippen LogP contribution in [0.1, 0.15) is 108 Å². The molecule has 1 aliphatic carbocycles. The summed E-state index contributed by atoms with van der Waals surface area (Å²) in [5.74, 6) is 2.22. The minimum absolute atomic E-state index is 0.452. The van der Waals surface area contributed by atoms with Crippen molar-refractivity contribution in [3.8, 4) is 0 Å². The largest absolute Gasteiger partial charge is 0.316 e. The number of hydrogen-bond acceptors (Lipinski definition) is 5. The molecule has 0 saturated carbocycles. The van der Waals surface area contributed by atoms with Gasteiger partial charge in [-0.15, -0.1) is 0 Å². The third-order valence-electron chi connectivity index (χ3n) is 12.5. The van der Waals surface area contributed by atoms with E-state index in [1.54, 1.807) is 16.7 Å². The highest BCUT2D eigenvalue weighted by atomic mass is 35.5. The van der Waals surface area contributed by atoms with Crippen LogP contribution in [0.5, 0.6) is 0 Å². The fraction of sp³-hybridized carbons (Fsp3) is 0.707. The monoisotopic (exact) mass is 661 g/mol. The van der Waals surface area contributed by atoms with Gasteiger partial charge in [0.1, 0.15) is 0 Å². The number of hydrogen-bond donors (Lipinski definition) is 2. The lowest BCUT2D eigenvalue weighted by Gasteiger charge is -2.45. The average Bonchev–Trinajstić information content (AvgIpc) is 3.16. The first-order valence-corrected chi connectivity index (χ1v) is 19.8. The number of nitrogens with one attached hydrogen (secondary N) is 2. The van der Waals surface area contributed by atoms with Crippen molar-refractivity contribution in [2.24, 2.45) is 17.8 Å². The van der Waals surface area contributed by atoms with Crippen LogP contribution >= 0.6 is 11.6 Å². The molecule has 0 amide bonds. The maximum Gasteiger partial charge on any atom is 0.0353 e. The minimum Gasteiger partial charge on any atom is -0.316 e. The van der Waals surface area contributed by atoms with Gasteiger partial charge in [0, 0.05) is 75.9 Å². The summed E-state index contributed by atoms with van der Waals surface area (Å²) in [6.45, 7) is 16.4. The number of benzene rings is 1. The Morgan fingerprint density at radius 1 is 1.00 bits per heavy atom. The second-order valence-corrected chi connectivity index (χ2v) is 16.1. The molecule has 2 saturated heterocycles. The molecule has 260 valence electrons. The lowest BCUT2D eigenvalue weighted by molar-refractivity contribution is 0.0392. The maximum absolute atomic E-state index is 6.60. The molecule has 5 aliphatic rings. The van der Waals surface area contributed by atoms with Gasteiger partial charge in [-0.1, -0.05) is 80.6 Å². The molecule has 2 N–H and O–H groups in total. The summed E-state index contributed by atoms with van der Waals surface area (Å²) in [4.78, 5) is 5.63. The summed E-state index contributed by atoms with van der Waals surface area (Å²) in [5.41, 5.74) is 11.6. The molecule has 6 unspecified atom stereocenters. The Morgan fingerprint density at radius 3 is 2.74 bits per heavy atom. The van der Waals surface area contributed by atoms with Gasteiger partial charge in [0.15, 0.2) is 0 Å². The van der Waals surface area contributed by atoms with Crippen molar-refractivity contribution in [3.63, 3.8) is 0 Å². The Kier molecular flexibility index (Phi) is 12.8. The number of hydrazine groups is 1. The number of allylic oxidation sites excluding steroid dienone is 3. The predicted molar refractivity (Wildman–Crippen MR) is 200 cm³/mol. The minimum atomic E-state index is 0.452. The summed E-state index contributed by atoms with van der Waals surface area (Å²) in [7, 11) is 2.22. The van der Waals surface area contributed by atoms with Gasteiger partial charge in [0.25, 0.3) is 0 Å². The molecule has 4 heterocycles. The smallest absolute Gasteiger partial charge is 0.0353 e. The predicted octanol–water partition coefficient (Wildman–Crippen LogP) is 8.03. The third kappa shape index (κ3) is 8.83. The Labute approximate surface area is 292 Å². The molecular weight excluding hydrogens is 598 g/mol. The Balaban J connectivity index is 1.32. The van der Waals surface area contributed by atoms with Crippen LogP contribution in [-0.2, 0) is 13.0 Å². The van der Waals surface area contributed by atoms with Gasteiger partial charge >= 0.3 is 0 Å². The van der Waals surface area contributed by atoms with E-state index in [0.29, 0.717) is 29.7 Å². The quantitative estimate of drug-likeness (QED) is 0.302. The first-order valence-electron chi connectivity index (χ1n) is 19.4. The van der Waals surface area contributed by atoms with E-state index in [-0.39, 0.29) is 0 Å². The van der Waals surface area contributed by atoms with Crippen LogP contribution in [0.25, 0.3) is 0 Å². The first kappa shape index (κ1) is 35.4. The summed E-state index contributed by atoms with van der Waals surface area (Å²) in [6.07, 6.45) is 20.8. The van der Waals surface area contributed by atoms with Gasteiger partial charge in [-0.25, -0.2) is 5.01 Å². The van der Waals surface area contributed by atoms with E-state index >= 15 is 0 Å². The van der Waals surface area contributed by atoms with E-state index in [2.05, 4.69) is 89.8 Å². The molecule has 1 aromatic carbocycles. The van der Waals surface area contributed by atoms with Crippen molar-refractivity contribution in [3.05, 3.63) is 69.3 Å². The molecule has 5 nitrogen and oxygen atoms in total. The summed E-state index contributed by atoms with van der Waals surface area (Å²) >= 11 is 6.60. The van der Waals surface area contributed by atoms with Gasteiger partial charge < -0.3 is 5.32 Å². The van der Waals surface area contributed by atoms with Crippen LogP contribution in [0.4, 0.5) is 0 Å². The topological polar surface area (TPSA) is 33.8 Å². The fourth-order valence-corrected chi connectivity index (χ4v) is 9.81. The van der Waals surface area contributed by atoms with Crippen LogP contribution in [-0.4, -0.2) is 79.8 Å². The third-order valence-corrected chi connectivity index (χ3v) is 12.8. The van der Waals surface area contributed by atoms with Crippen molar-refractivity contribution < 1.29 is 0 Å². The number of halogens is 1. The number of aryl methyl sites for hydroxylation is 1. The van der Waals surface area contributed by atoms with Gasteiger partial charge in [0.2, 0.25) is 0 Å². The van der Waals surface area contributed by atoms with E-state index in [1.807, 2.05) is 0 Å². The molecule has 6 rings (SSSR count). The molecule has 0 spiro atoms. The molecule has 6 atom stereocenters. The van der Waals surface area contributed by atoms with E-state index in [0.717, 1.165) is 62.8 Å². The Bertz CT molecular complexity index is 1270. The van der Waals surface area contributed by atoms with Crippen molar-refractivity contribution in [1.29, 1.82) is 0 Å². The van der Waals surface area contributed by atoms with Crippen LogP contribution in [0.2, 0.25) is 0 Å². The van der Waals surface area contributed by atoms with Crippen molar-refractivity contribution in [2.45, 2.75) is 116 Å². The summed E-state index contributed by atoms with van der Waals surface area (Å²) in [6, 6.07) is 8.73. The van der Waals surface area contributed by atoms with Gasteiger partial charge in [0.05, 0.1) is 0 Å². The van der Waals surface area contributed by atoms with Gasteiger partial charge in [-0.3, -0.25) is 15.2 Å². The summed E-state index contributed by atoms with van der Waals surface area (Å²) < 4.78 is 0. The lowest BCUT2D eigenvalue weighted by atomic mass is 9.73. The zero-order valence-corrected chi connectivity index (χ0v) is 30.8. The molecule has 2 fully saturated rings. The maximum atomic E-state index is 6.60. The fourth-order valence-electron chi connectivity index (χ4n) is 9.59. The van der Waals surface area contributed by atoms with Crippen LogP contribution in [0.15, 0.2) is 52.6 Å². The Hall–Kier alpha value is -1.47. The highest BCUT2D eigenvalue weighted by Gasteiger charge is 2.35. The van der Waals surface area contributed by atoms with Crippen molar-refractivity contribution in [2.75, 3.05) is 52.9 Å². The first-order chi connectivity index (χ1) is 22.9. The van der Waals surface area contributed by atoms with E-state index in [1.165, 1.54) is 82.4 Å². The van der Waals surface area contributed by atoms with Crippen molar-refractivity contribution in [1.82, 2.24) is 25.6 Å². The van der Waals surface area contributed by atoms with E-state index < -0.39 is 0 Å². The summed E-state index contributed by atoms with van der Waals surface area (Å²) in [5, 5.41) is 7.50. The standard InChI is InChI=1S/C41H64ClN5/c1-5-10-33-24-36(42)18-19-39(33)34-17-16-32-15-14-31-23-40(32)41(27-43-26-34)38(6-2)35(12-9-11-30(3)45(4)44-25-31)28-46-21-22-47-20-8-7-13-37(47)29-46/h9,12,14-15,23-24,30,34-35,37-38,41,43-44H,5-8,10-11,13,16-22,25-29H2,1-4H3/b12-9+. The molecule has 47 heavy (non-hydrogen) atoms. The SMILES string of the molecule is CCCC1=C(C2CCc3ccc4cc3C(CNC2)C(CC)C(CN2CCN3CCCCC3C2)/C=C/CC(C)N(C)NC4)CCC(Cl)=C1. The molecule has 0 radical (unpaired) electrons. The van der Waals surface area contributed by atoms with Crippen LogP contribution in [0.3, 0.4) is 0 Å². The van der Waals surface area contributed by atoms with Crippen LogP contribution in [0, 0.1) is 17.8 Å². The molecule has 2 bridgehead atoms. The van der Waals surface area contributed by atoms with Gasteiger partial charge in [-0.05, 0) is 111 Å². The normalized spacial score (nSPS) is 32.9. The highest BCUT2D eigenvalue weighted by molar-refractivity contribution is 6.29. The van der Waals surface area contributed by atoms with Gasteiger partial charge in [-0.2, -0.15) is 0 Å². The second-order valence-electron chi connectivity index (χ2n) is 15.6. The number of piperidine rings is 1. The molecule has 6 heteroatoms.